The fraction of sp³-hybridized carbons (Fsp3) is 0.615. The van der Waals surface area contributed by atoms with Crippen molar-refractivity contribution in [2.45, 2.75) is 96.8 Å². The molecule has 0 nitrogen and oxygen atoms in total. The molecule has 2 aromatic carbocycles. The number of benzene rings is 2. The highest BCUT2D eigenvalue weighted by molar-refractivity contribution is 5.84. The molecule has 2 aromatic rings. The molecule has 142 valence electrons. The van der Waals surface area contributed by atoms with E-state index in [2.05, 4.69) is 50.2 Å². The Hall–Kier alpha value is -1.30. The molecule has 0 heterocycles. The van der Waals surface area contributed by atoms with Crippen LogP contribution in [0.5, 0.6) is 0 Å². The van der Waals surface area contributed by atoms with Gasteiger partial charge in [0.1, 0.15) is 0 Å². The molecule has 0 radical (unpaired) electrons. The first-order valence-corrected chi connectivity index (χ1v) is 11.3. The Kier molecular flexibility index (Phi) is 7.59. The van der Waals surface area contributed by atoms with Crippen molar-refractivity contribution in [3.8, 4) is 0 Å². The second-order valence-corrected chi connectivity index (χ2v) is 8.61. The van der Waals surface area contributed by atoms with Gasteiger partial charge < -0.3 is 0 Å². The van der Waals surface area contributed by atoms with Crippen LogP contribution in [0.15, 0.2) is 36.4 Å². The van der Waals surface area contributed by atoms with Crippen LogP contribution in [0.4, 0.5) is 0 Å². The van der Waals surface area contributed by atoms with E-state index in [-0.39, 0.29) is 0 Å². The molecule has 0 saturated heterocycles. The first-order valence-electron chi connectivity index (χ1n) is 11.3. The molecule has 0 unspecified atom stereocenters. The van der Waals surface area contributed by atoms with E-state index in [0.29, 0.717) is 0 Å². The highest BCUT2D eigenvalue weighted by Crippen LogP contribution is 2.38. The molecule has 0 aromatic heterocycles. The van der Waals surface area contributed by atoms with Crippen LogP contribution in [0.3, 0.4) is 0 Å². The lowest BCUT2D eigenvalue weighted by Crippen LogP contribution is -2.13. The summed E-state index contributed by atoms with van der Waals surface area (Å²) in [5.74, 6) is 1.79. The van der Waals surface area contributed by atoms with Gasteiger partial charge in [-0.05, 0) is 72.3 Å². The van der Waals surface area contributed by atoms with Gasteiger partial charge in [0, 0.05) is 0 Å². The maximum atomic E-state index is 2.48. The first-order chi connectivity index (χ1) is 12.8. The summed E-state index contributed by atoms with van der Waals surface area (Å²) in [7, 11) is 0. The van der Waals surface area contributed by atoms with Gasteiger partial charge in [-0.1, -0.05) is 88.8 Å². The van der Waals surface area contributed by atoms with E-state index >= 15 is 0 Å². The SMILES string of the molecule is CCCCCCCc1ccc2cc([C@H]3CC[C@H](CCC)CC3)ccc2c1. The molecule has 0 atom stereocenters. The van der Waals surface area contributed by atoms with Gasteiger partial charge in [0.2, 0.25) is 0 Å². The molecular weight excluding hydrogens is 312 g/mol. The average Bonchev–Trinajstić information content (AvgIpc) is 2.68. The molecule has 0 heteroatoms. The summed E-state index contributed by atoms with van der Waals surface area (Å²) in [5.41, 5.74) is 3.10. The topological polar surface area (TPSA) is 0 Å². The molecule has 0 spiro atoms. The Morgan fingerprint density at radius 3 is 2.23 bits per heavy atom. The Morgan fingerprint density at radius 2 is 1.46 bits per heavy atom. The van der Waals surface area contributed by atoms with Gasteiger partial charge in [-0.2, -0.15) is 0 Å². The van der Waals surface area contributed by atoms with Crippen molar-refractivity contribution in [1.29, 1.82) is 0 Å². The summed E-state index contributed by atoms with van der Waals surface area (Å²) in [6, 6.07) is 14.4. The van der Waals surface area contributed by atoms with Gasteiger partial charge in [-0.25, -0.2) is 0 Å². The summed E-state index contributed by atoms with van der Waals surface area (Å²) in [6.07, 6.45) is 16.5. The fourth-order valence-electron chi connectivity index (χ4n) is 4.85. The van der Waals surface area contributed by atoms with E-state index in [1.165, 1.54) is 93.4 Å². The average molecular weight is 351 g/mol. The third-order valence-corrected chi connectivity index (χ3v) is 6.51. The largest absolute Gasteiger partial charge is 0.0654 e. The summed E-state index contributed by atoms with van der Waals surface area (Å²) in [5, 5.41) is 2.87. The van der Waals surface area contributed by atoms with Gasteiger partial charge in [0.15, 0.2) is 0 Å². The Balaban J connectivity index is 1.58. The number of rotatable bonds is 9. The van der Waals surface area contributed by atoms with E-state index in [4.69, 9.17) is 0 Å². The minimum absolute atomic E-state index is 0.797. The van der Waals surface area contributed by atoms with Crippen LogP contribution in [0.25, 0.3) is 10.8 Å². The van der Waals surface area contributed by atoms with Crippen LogP contribution in [0.1, 0.15) is 102 Å². The van der Waals surface area contributed by atoms with E-state index in [0.717, 1.165) is 11.8 Å². The number of aryl methyl sites for hydroxylation is 1. The van der Waals surface area contributed by atoms with Crippen molar-refractivity contribution in [3.63, 3.8) is 0 Å². The second-order valence-electron chi connectivity index (χ2n) is 8.61. The van der Waals surface area contributed by atoms with Crippen molar-refractivity contribution in [3.05, 3.63) is 47.5 Å². The minimum Gasteiger partial charge on any atom is -0.0654 e. The molecule has 0 N–H and O–H groups in total. The van der Waals surface area contributed by atoms with E-state index in [9.17, 15) is 0 Å². The van der Waals surface area contributed by atoms with E-state index in [1.54, 1.807) is 5.56 Å². The molecule has 1 aliphatic rings. The van der Waals surface area contributed by atoms with Gasteiger partial charge in [0.05, 0.1) is 0 Å². The summed E-state index contributed by atoms with van der Waals surface area (Å²) in [6.45, 7) is 4.61. The zero-order valence-electron chi connectivity index (χ0n) is 17.1. The van der Waals surface area contributed by atoms with Gasteiger partial charge in [-0.15, -0.1) is 0 Å². The normalized spacial score (nSPS) is 20.5. The van der Waals surface area contributed by atoms with Gasteiger partial charge in [-0.3, -0.25) is 0 Å². The predicted octanol–water partition coefficient (Wildman–Crippen LogP) is 8.43. The van der Waals surface area contributed by atoms with Crippen LogP contribution in [0, 0.1) is 5.92 Å². The Morgan fingerprint density at radius 1 is 0.731 bits per heavy atom. The van der Waals surface area contributed by atoms with Crippen molar-refractivity contribution >= 4 is 10.8 Å². The number of hydrogen-bond donors (Lipinski definition) is 0. The number of unbranched alkanes of at least 4 members (excludes halogenated alkanes) is 4. The molecule has 1 fully saturated rings. The smallest absolute Gasteiger partial charge is 0.0162 e. The summed E-state index contributed by atoms with van der Waals surface area (Å²) < 4.78 is 0. The lowest BCUT2D eigenvalue weighted by atomic mass is 9.77. The van der Waals surface area contributed by atoms with Crippen LogP contribution in [-0.2, 0) is 6.42 Å². The minimum atomic E-state index is 0.797. The van der Waals surface area contributed by atoms with Crippen molar-refractivity contribution < 1.29 is 0 Å². The zero-order chi connectivity index (χ0) is 18.2. The lowest BCUT2D eigenvalue weighted by molar-refractivity contribution is 0.308. The first kappa shape index (κ1) is 19.5. The Labute approximate surface area is 161 Å². The quantitative estimate of drug-likeness (QED) is 0.398. The fourth-order valence-corrected chi connectivity index (χ4v) is 4.85. The molecule has 3 rings (SSSR count). The van der Waals surface area contributed by atoms with Crippen LogP contribution in [-0.4, -0.2) is 0 Å². The molecule has 1 saturated carbocycles. The monoisotopic (exact) mass is 350 g/mol. The zero-order valence-corrected chi connectivity index (χ0v) is 17.1. The Bertz CT molecular complexity index is 661. The number of hydrogen-bond acceptors (Lipinski definition) is 0. The maximum Gasteiger partial charge on any atom is -0.0162 e. The maximum absolute atomic E-state index is 2.48. The highest BCUT2D eigenvalue weighted by atomic mass is 14.3. The highest BCUT2D eigenvalue weighted by Gasteiger charge is 2.21. The standard InChI is InChI=1S/C26H38/c1-3-5-6-7-8-10-22-13-16-26-20-25(18-17-24(26)19-22)23-14-11-21(9-4-2)12-15-23/h13,16-21,23H,3-12,14-15H2,1-2H3/t21-,23-. The lowest BCUT2D eigenvalue weighted by Gasteiger charge is -2.28. The molecule has 0 aliphatic heterocycles. The summed E-state index contributed by atoms with van der Waals surface area (Å²) in [4.78, 5) is 0. The third kappa shape index (κ3) is 5.35. The second kappa shape index (κ2) is 10.1. The van der Waals surface area contributed by atoms with E-state index < -0.39 is 0 Å². The molecule has 0 amide bonds. The predicted molar refractivity (Wildman–Crippen MR) is 116 cm³/mol. The van der Waals surface area contributed by atoms with Crippen molar-refractivity contribution in [2.24, 2.45) is 5.92 Å². The van der Waals surface area contributed by atoms with Crippen LogP contribution < -0.4 is 0 Å². The van der Waals surface area contributed by atoms with Gasteiger partial charge in [0.25, 0.3) is 0 Å². The van der Waals surface area contributed by atoms with Crippen LogP contribution >= 0.6 is 0 Å². The molecule has 1 aliphatic carbocycles. The van der Waals surface area contributed by atoms with E-state index in [1.807, 2.05) is 0 Å². The van der Waals surface area contributed by atoms with Crippen molar-refractivity contribution in [2.75, 3.05) is 0 Å². The van der Waals surface area contributed by atoms with Crippen molar-refractivity contribution in [1.82, 2.24) is 0 Å². The third-order valence-electron chi connectivity index (χ3n) is 6.51. The number of fused-ring (bicyclic) bond motifs is 1. The summed E-state index contributed by atoms with van der Waals surface area (Å²) >= 11 is 0. The molecule has 0 bridgehead atoms. The molecular formula is C26H38. The van der Waals surface area contributed by atoms with Crippen LogP contribution in [0.2, 0.25) is 0 Å². The molecule has 26 heavy (non-hydrogen) atoms. The van der Waals surface area contributed by atoms with Gasteiger partial charge >= 0.3 is 0 Å².